The number of aromatic nitrogens is 1. The number of hydrogen-bond acceptors (Lipinski definition) is 4. The van der Waals surface area contributed by atoms with E-state index in [0.29, 0.717) is 12.4 Å². The molecule has 0 bridgehead atoms. The Morgan fingerprint density at radius 2 is 1.89 bits per heavy atom. The summed E-state index contributed by atoms with van der Waals surface area (Å²) in [5.41, 5.74) is 7.05. The molecule has 19 heavy (non-hydrogen) atoms. The summed E-state index contributed by atoms with van der Waals surface area (Å²) >= 11 is 0. The summed E-state index contributed by atoms with van der Waals surface area (Å²) in [6.45, 7) is 6.65. The van der Waals surface area contributed by atoms with E-state index in [0.717, 1.165) is 16.9 Å². The molecule has 0 saturated carbocycles. The van der Waals surface area contributed by atoms with Gasteiger partial charge in [0.2, 0.25) is 0 Å². The van der Waals surface area contributed by atoms with E-state index in [1.807, 2.05) is 19.1 Å². The lowest BCUT2D eigenvalue weighted by Gasteiger charge is -2.15. The lowest BCUT2D eigenvalue weighted by atomic mass is 10.1. The van der Waals surface area contributed by atoms with Crippen LogP contribution in [0.1, 0.15) is 22.3 Å². The molecular formula is C15H19N3O. The van der Waals surface area contributed by atoms with Crippen molar-refractivity contribution in [2.45, 2.75) is 27.4 Å². The Morgan fingerprint density at radius 1 is 1.16 bits per heavy atom. The maximum atomic E-state index is 5.94. The smallest absolute Gasteiger partial charge is 0.146 e. The summed E-state index contributed by atoms with van der Waals surface area (Å²) < 4.78 is 5.94. The molecule has 0 spiro atoms. The van der Waals surface area contributed by atoms with E-state index in [1.165, 1.54) is 11.1 Å². The number of rotatable bonds is 4. The van der Waals surface area contributed by atoms with Gasteiger partial charge in [0.05, 0.1) is 0 Å². The summed E-state index contributed by atoms with van der Waals surface area (Å²) in [6, 6.07) is 8.00. The van der Waals surface area contributed by atoms with Gasteiger partial charge in [0.25, 0.3) is 0 Å². The summed E-state index contributed by atoms with van der Waals surface area (Å²) in [5, 5.41) is 0. The van der Waals surface area contributed by atoms with Crippen LogP contribution in [0.5, 0.6) is 5.75 Å². The molecule has 2 rings (SSSR count). The monoisotopic (exact) mass is 257 g/mol. The van der Waals surface area contributed by atoms with E-state index >= 15 is 0 Å². The first-order chi connectivity index (χ1) is 9.13. The van der Waals surface area contributed by atoms with Crippen molar-refractivity contribution in [1.82, 2.24) is 4.98 Å². The molecule has 4 nitrogen and oxygen atoms in total. The van der Waals surface area contributed by atoms with Gasteiger partial charge in [-0.05, 0) is 43.5 Å². The zero-order valence-electron chi connectivity index (χ0n) is 11.5. The molecule has 0 fully saturated rings. The van der Waals surface area contributed by atoms with Gasteiger partial charge in [-0.1, -0.05) is 18.2 Å². The van der Waals surface area contributed by atoms with E-state index in [9.17, 15) is 0 Å². The Bertz CT molecular complexity index is 582. The molecule has 1 aromatic heterocycles. The van der Waals surface area contributed by atoms with Gasteiger partial charge in [0, 0.05) is 11.8 Å². The number of nitrogens with zero attached hydrogens (tertiary/aromatic N) is 1. The van der Waals surface area contributed by atoms with E-state index in [-0.39, 0.29) is 0 Å². The van der Waals surface area contributed by atoms with E-state index in [4.69, 9.17) is 10.6 Å². The molecule has 0 amide bonds. The molecule has 0 atom stereocenters. The van der Waals surface area contributed by atoms with Gasteiger partial charge in [-0.15, -0.1) is 0 Å². The number of pyridine rings is 1. The van der Waals surface area contributed by atoms with Crippen LogP contribution in [0.3, 0.4) is 0 Å². The van der Waals surface area contributed by atoms with E-state index in [1.54, 1.807) is 6.20 Å². The summed E-state index contributed by atoms with van der Waals surface area (Å²) in [5.74, 6) is 7.02. The molecule has 0 aliphatic rings. The third-order valence-corrected chi connectivity index (χ3v) is 3.27. The highest BCUT2D eigenvalue weighted by atomic mass is 16.5. The molecule has 0 aliphatic carbocycles. The third kappa shape index (κ3) is 2.85. The molecule has 4 heteroatoms. The van der Waals surface area contributed by atoms with Gasteiger partial charge in [0.15, 0.2) is 0 Å². The normalized spacial score (nSPS) is 10.3. The molecular weight excluding hydrogens is 238 g/mol. The summed E-state index contributed by atoms with van der Waals surface area (Å²) in [7, 11) is 0. The number of anilines is 1. The fraction of sp³-hybridized carbons (Fsp3) is 0.267. The number of benzene rings is 1. The van der Waals surface area contributed by atoms with Crippen molar-refractivity contribution >= 4 is 5.82 Å². The minimum absolute atomic E-state index is 0.443. The molecule has 0 saturated heterocycles. The highest BCUT2D eigenvalue weighted by Gasteiger charge is 2.08. The molecule has 1 heterocycles. The van der Waals surface area contributed by atoms with Gasteiger partial charge in [-0.25, -0.2) is 10.8 Å². The standard InChI is InChI=1S/C15H19N3O/c1-10-6-7-11(2)14(12(10)3)19-9-13-5-4-8-17-15(13)18-16/h4-8H,9,16H2,1-3H3,(H,17,18). The molecule has 0 aliphatic heterocycles. The van der Waals surface area contributed by atoms with Crippen LogP contribution in [0.2, 0.25) is 0 Å². The van der Waals surface area contributed by atoms with Crippen LogP contribution in [-0.4, -0.2) is 4.98 Å². The summed E-state index contributed by atoms with van der Waals surface area (Å²) in [6.07, 6.45) is 1.70. The first-order valence-electron chi connectivity index (χ1n) is 6.23. The Kier molecular flexibility index (Phi) is 4.02. The van der Waals surface area contributed by atoms with Crippen LogP contribution in [0.4, 0.5) is 5.82 Å². The Labute approximate surface area is 113 Å². The number of hydrazine groups is 1. The minimum atomic E-state index is 0.443. The average molecular weight is 257 g/mol. The summed E-state index contributed by atoms with van der Waals surface area (Å²) in [4.78, 5) is 4.16. The van der Waals surface area contributed by atoms with Crippen LogP contribution in [-0.2, 0) is 6.61 Å². The Hall–Kier alpha value is -2.07. The number of ether oxygens (including phenoxy) is 1. The van der Waals surface area contributed by atoms with E-state index in [2.05, 4.69) is 36.4 Å². The fourth-order valence-electron chi connectivity index (χ4n) is 1.98. The maximum Gasteiger partial charge on any atom is 0.146 e. The van der Waals surface area contributed by atoms with Crippen molar-refractivity contribution in [2.75, 3.05) is 5.43 Å². The van der Waals surface area contributed by atoms with Gasteiger partial charge in [-0.2, -0.15) is 0 Å². The van der Waals surface area contributed by atoms with Crippen LogP contribution < -0.4 is 16.0 Å². The number of nitrogens with one attached hydrogen (secondary N) is 1. The van der Waals surface area contributed by atoms with Gasteiger partial charge >= 0.3 is 0 Å². The average Bonchev–Trinajstić information content (AvgIpc) is 2.43. The molecule has 3 N–H and O–H groups in total. The SMILES string of the molecule is Cc1ccc(C)c(OCc2cccnc2NN)c1C. The van der Waals surface area contributed by atoms with Crippen molar-refractivity contribution < 1.29 is 4.74 Å². The van der Waals surface area contributed by atoms with Crippen LogP contribution in [0.15, 0.2) is 30.5 Å². The van der Waals surface area contributed by atoms with Crippen LogP contribution in [0.25, 0.3) is 0 Å². The zero-order chi connectivity index (χ0) is 13.8. The van der Waals surface area contributed by atoms with Crippen molar-refractivity contribution in [3.63, 3.8) is 0 Å². The predicted molar refractivity (Wildman–Crippen MR) is 77.0 cm³/mol. The highest BCUT2D eigenvalue weighted by Crippen LogP contribution is 2.27. The number of nitrogens with two attached hydrogens (primary N) is 1. The van der Waals surface area contributed by atoms with Crippen molar-refractivity contribution in [2.24, 2.45) is 5.84 Å². The van der Waals surface area contributed by atoms with Crippen molar-refractivity contribution in [3.8, 4) is 5.75 Å². The van der Waals surface area contributed by atoms with Crippen molar-refractivity contribution in [1.29, 1.82) is 0 Å². The second-order valence-corrected chi connectivity index (χ2v) is 4.60. The van der Waals surface area contributed by atoms with Crippen molar-refractivity contribution in [3.05, 3.63) is 52.7 Å². The minimum Gasteiger partial charge on any atom is -0.488 e. The maximum absolute atomic E-state index is 5.94. The second-order valence-electron chi connectivity index (χ2n) is 4.60. The highest BCUT2D eigenvalue weighted by molar-refractivity contribution is 5.46. The first-order valence-corrected chi connectivity index (χ1v) is 6.23. The molecule has 1 aromatic carbocycles. The largest absolute Gasteiger partial charge is 0.488 e. The topological polar surface area (TPSA) is 60.2 Å². The van der Waals surface area contributed by atoms with Gasteiger partial charge in [0.1, 0.15) is 18.2 Å². The quantitative estimate of drug-likeness (QED) is 0.653. The van der Waals surface area contributed by atoms with Gasteiger partial charge < -0.3 is 10.2 Å². The molecule has 0 radical (unpaired) electrons. The molecule has 2 aromatic rings. The Balaban J connectivity index is 2.21. The number of nitrogen functional groups attached to an aromatic ring is 1. The Morgan fingerprint density at radius 3 is 2.63 bits per heavy atom. The lowest BCUT2D eigenvalue weighted by Crippen LogP contribution is -2.12. The zero-order valence-corrected chi connectivity index (χ0v) is 11.5. The van der Waals surface area contributed by atoms with Crippen LogP contribution >= 0.6 is 0 Å². The van der Waals surface area contributed by atoms with Gasteiger partial charge in [-0.3, -0.25) is 0 Å². The first kappa shape index (κ1) is 13.4. The number of hydrogen-bond donors (Lipinski definition) is 2. The second kappa shape index (κ2) is 5.71. The fourth-order valence-corrected chi connectivity index (χ4v) is 1.98. The molecule has 100 valence electrons. The predicted octanol–water partition coefficient (Wildman–Crippen LogP) is 2.87. The lowest BCUT2D eigenvalue weighted by molar-refractivity contribution is 0.302. The van der Waals surface area contributed by atoms with Crippen LogP contribution in [0, 0.1) is 20.8 Å². The molecule has 0 unspecified atom stereocenters. The number of aryl methyl sites for hydroxylation is 2. The van der Waals surface area contributed by atoms with E-state index < -0.39 is 0 Å². The third-order valence-electron chi connectivity index (χ3n) is 3.27.